The summed E-state index contributed by atoms with van der Waals surface area (Å²) >= 11 is 0. The highest BCUT2D eigenvalue weighted by Crippen LogP contribution is 2.32. The van der Waals surface area contributed by atoms with Crippen molar-refractivity contribution < 1.29 is 22.1 Å². The predicted octanol–water partition coefficient (Wildman–Crippen LogP) is 4.19. The second-order valence-corrected chi connectivity index (χ2v) is 6.42. The molecule has 1 aromatic carbocycles. The Hall–Kier alpha value is -2.35. The maximum atomic E-state index is 12.9. The van der Waals surface area contributed by atoms with Gasteiger partial charge >= 0.3 is 6.18 Å². The molecule has 2 aromatic rings. The molecule has 1 aromatic heterocycles. The van der Waals surface area contributed by atoms with E-state index in [1.54, 1.807) is 0 Å². The van der Waals surface area contributed by atoms with Gasteiger partial charge in [-0.3, -0.25) is 0 Å². The van der Waals surface area contributed by atoms with E-state index in [0.29, 0.717) is 5.75 Å². The van der Waals surface area contributed by atoms with Gasteiger partial charge in [0.2, 0.25) is 0 Å². The highest BCUT2D eigenvalue weighted by molar-refractivity contribution is 7.95. The van der Waals surface area contributed by atoms with Gasteiger partial charge in [-0.1, -0.05) is 18.2 Å². The van der Waals surface area contributed by atoms with Crippen molar-refractivity contribution in [2.24, 2.45) is 0 Å². The van der Waals surface area contributed by atoms with E-state index in [1.165, 1.54) is 43.6 Å². The molecule has 0 radical (unpaired) electrons. The molecule has 0 fully saturated rings. The molecule has 0 spiro atoms. The van der Waals surface area contributed by atoms with Crippen LogP contribution in [0.1, 0.15) is 11.1 Å². The van der Waals surface area contributed by atoms with Gasteiger partial charge in [0, 0.05) is 5.41 Å². The smallest absolute Gasteiger partial charge is 0.416 e. The first kappa shape index (κ1) is 17.0. The number of methoxy groups -OCH3 is 1. The summed E-state index contributed by atoms with van der Waals surface area (Å²) in [5, 5.41) is 0.867. The molecule has 0 aliphatic carbocycles. The minimum atomic E-state index is -4.53. The van der Waals surface area contributed by atoms with Crippen molar-refractivity contribution in [1.82, 2.24) is 4.98 Å². The van der Waals surface area contributed by atoms with E-state index in [9.17, 15) is 17.4 Å². The molecule has 0 aliphatic rings. The molecule has 1 unspecified atom stereocenters. The summed E-state index contributed by atoms with van der Waals surface area (Å²) in [6.45, 7) is 0. The van der Waals surface area contributed by atoms with Gasteiger partial charge in [-0.2, -0.15) is 13.2 Å². The van der Waals surface area contributed by atoms with Crippen LogP contribution in [-0.4, -0.2) is 16.3 Å². The minimum Gasteiger partial charge on any atom is -0.495 e. The average Bonchev–Trinajstić information content (AvgIpc) is 2.52. The Balaban J connectivity index is 2.35. The second-order valence-electron chi connectivity index (χ2n) is 4.52. The third-order valence-electron chi connectivity index (χ3n) is 2.96. The van der Waals surface area contributed by atoms with E-state index in [-0.39, 0.29) is 10.6 Å². The van der Waals surface area contributed by atoms with E-state index < -0.39 is 21.5 Å². The minimum absolute atomic E-state index is 0.0564. The van der Waals surface area contributed by atoms with Crippen molar-refractivity contribution >= 4 is 15.8 Å². The quantitative estimate of drug-likeness (QED) is 0.906. The van der Waals surface area contributed by atoms with Crippen LogP contribution in [0.2, 0.25) is 0 Å². The largest absolute Gasteiger partial charge is 0.495 e. The molecule has 0 saturated carbocycles. The lowest BCUT2D eigenvalue weighted by atomic mass is 10.1. The summed E-state index contributed by atoms with van der Waals surface area (Å²) in [7, 11) is -2.03. The number of rotatable bonds is 4. The Morgan fingerprint density at radius 1 is 1.22 bits per heavy atom. The molecule has 2 rings (SSSR count). The molecule has 122 valence electrons. The summed E-state index contributed by atoms with van der Waals surface area (Å²) in [6, 6.07) is 7.70. The van der Waals surface area contributed by atoms with Crippen LogP contribution >= 0.6 is 0 Å². The van der Waals surface area contributed by atoms with E-state index in [1.807, 2.05) is 0 Å². The van der Waals surface area contributed by atoms with Crippen molar-refractivity contribution in [1.29, 1.82) is 4.78 Å². The number of nitrogens with zero attached hydrogens (tertiary/aromatic N) is 1. The van der Waals surface area contributed by atoms with Crippen LogP contribution in [0.3, 0.4) is 0 Å². The van der Waals surface area contributed by atoms with Crippen molar-refractivity contribution in [3.05, 3.63) is 59.1 Å². The highest BCUT2D eigenvalue weighted by Gasteiger charge is 2.32. The Morgan fingerprint density at radius 2 is 1.91 bits per heavy atom. The van der Waals surface area contributed by atoms with Gasteiger partial charge in [0.1, 0.15) is 20.5 Å². The van der Waals surface area contributed by atoms with Gasteiger partial charge in [0.15, 0.2) is 0 Å². The van der Waals surface area contributed by atoms with Crippen LogP contribution in [0.4, 0.5) is 13.2 Å². The zero-order chi connectivity index (χ0) is 17.1. The molecule has 0 bridgehead atoms. The summed E-state index contributed by atoms with van der Waals surface area (Å²) in [4.78, 5) is 3.84. The molecule has 0 aliphatic heterocycles. The van der Waals surface area contributed by atoms with E-state index in [2.05, 4.69) is 4.98 Å². The molecule has 0 amide bonds. The maximum absolute atomic E-state index is 12.9. The number of nitrogens with one attached hydrogen (secondary N) is 1. The van der Waals surface area contributed by atoms with Gasteiger partial charge in [-0.05, 0) is 29.8 Å². The number of aromatic nitrogens is 1. The van der Waals surface area contributed by atoms with E-state index in [4.69, 9.17) is 9.52 Å². The second kappa shape index (κ2) is 6.41. The van der Waals surface area contributed by atoms with Gasteiger partial charge < -0.3 is 4.74 Å². The number of halogens is 3. The number of ether oxygens (including phenoxy) is 1. The fourth-order valence-corrected chi connectivity index (χ4v) is 2.76. The van der Waals surface area contributed by atoms with Crippen molar-refractivity contribution in [2.75, 3.05) is 7.11 Å². The van der Waals surface area contributed by atoms with E-state index >= 15 is 0 Å². The van der Waals surface area contributed by atoms with E-state index in [0.717, 1.165) is 17.6 Å². The Morgan fingerprint density at radius 3 is 2.48 bits per heavy atom. The molecule has 4 nitrogen and oxygen atoms in total. The topological polar surface area (TPSA) is 63.0 Å². The Bertz CT molecular complexity index is 813. The summed E-state index contributed by atoms with van der Waals surface area (Å²) in [5.74, 6) is 0.426. The first-order valence-electron chi connectivity index (χ1n) is 6.37. The Labute approximate surface area is 131 Å². The van der Waals surface area contributed by atoms with Crippen LogP contribution in [-0.2, 0) is 15.9 Å². The van der Waals surface area contributed by atoms with Gasteiger partial charge in [0.05, 0.1) is 18.9 Å². The average molecular weight is 342 g/mol. The van der Waals surface area contributed by atoms with Crippen LogP contribution in [0.15, 0.2) is 53.0 Å². The number of benzene rings is 1. The lowest BCUT2D eigenvalue weighted by Gasteiger charge is -2.10. The van der Waals surface area contributed by atoms with Crippen LogP contribution in [0, 0.1) is 4.78 Å². The normalized spacial score (nSPS) is 14.6. The molecular weight excluding hydrogens is 329 g/mol. The van der Waals surface area contributed by atoms with Crippen LogP contribution < -0.4 is 4.74 Å². The molecule has 1 atom stereocenters. The number of pyridine rings is 1. The zero-order valence-electron chi connectivity index (χ0n) is 12.0. The monoisotopic (exact) mass is 342 g/mol. The SMILES string of the molecule is COc1ccc(S(=N)(=O)/C=C/c2ccccc2C(F)(F)F)nc1. The zero-order valence-corrected chi connectivity index (χ0v) is 12.8. The summed E-state index contributed by atoms with van der Waals surface area (Å²) < 4.78 is 63.7. The Kier molecular flexibility index (Phi) is 4.74. The first-order valence-corrected chi connectivity index (χ1v) is 7.99. The van der Waals surface area contributed by atoms with Crippen LogP contribution in [0.5, 0.6) is 5.75 Å². The van der Waals surface area contributed by atoms with Gasteiger partial charge in [-0.15, -0.1) is 0 Å². The van der Waals surface area contributed by atoms with Crippen LogP contribution in [0.25, 0.3) is 6.08 Å². The molecule has 1 heterocycles. The third-order valence-corrected chi connectivity index (χ3v) is 4.34. The fourth-order valence-electron chi connectivity index (χ4n) is 1.81. The third kappa shape index (κ3) is 4.10. The predicted molar refractivity (Wildman–Crippen MR) is 80.4 cm³/mol. The standard InChI is InChI=1S/C15H13F3N2O2S/c1-22-12-6-7-14(20-10-12)23(19,21)9-8-11-4-2-3-5-13(11)15(16,17)18/h2-10,19H,1H3/b9-8+. The first-order chi connectivity index (χ1) is 10.7. The van der Waals surface area contributed by atoms with Crippen molar-refractivity contribution in [2.45, 2.75) is 11.2 Å². The molecule has 1 N–H and O–H groups in total. The lowest BCUT2D eigenvalue weighted by molar-refractivity contribution is -0.137. The molecular formula is C15H13F3N2O2S. The molecule has 0 saturated heterocycles. The maximum Gasteiger partial charge on any atom is 0.416 e. The summed E-state index contributed by atoms with van der Waals surface area (Å²) in [5.41, 5.74) is -1.01. The van der Waals surface area contributed by atoms with Crippen molar-refractivity contribution in [3.63, 3.8) is 0 Å². The number of hydrogen-bond acceptors (Lipinski definition) is 4. The van der Waals surface area contributed by atoms with Gasteiger partial charge in [0.25, 0.3) is 0 Å². The lowest BCUT2D eigenvalue weighted by Crippen LogP contribution is -2.07. The number of hydrogen-bond donors (Lipinski definition) is 1. The highest BCUT2D eigenvalue weighted by atomic mass is 32.2. The van der Waals surface area contributed by atoms with Gasteiger partial charge in [-0.25, -0.2) is 14.0 Å². The fraction of sp³-hybridized carbons (Fsp3) is 0.133. The summed E-state index contributed by atoms with van der Waals surface area (Å²) in [6.07, 6.45) is -2.20. The number of alkyl halides is 3. The molecule has 23 heavy (non-hydrogen) atoms. The molecule has 8 heteroatoms. The van der Waals surface area contributed by atoms with Crippen molar-refractivity contribution in [3.8, 4) is 5.75 Å².